The minimum atomic E-state index is -0.0834. The van der Waals surface area contributed by atoms with Crippen LogP contribution in [0, 0.1) is 11.8 Å². The molecule has 2 aliphatic rings. The molecule has 0 saturated carbocycles. The van der Waals surface area contributed by atoms with Gasteiger partial charge in [0.2, 0.25) is 0 Å². The van der Waals surface area contributed by atoms with Crippen molar-refractivity contribution in [1.29, 1.82) is 0 Å². The highest BCUT2D eigenvalue weighted by Gasteiger charge is 2.38. The smallest absolute Gasteiger partial charge is 0.120 e. The highest BCUT2D eigenvalue weighted by atomic mass is 35.5. The molecule has 0 aromatic heterocycles. The second-order valence-electron chi connectivity index (χ2n) is 4.95. The zero-order valence-corrected chi connectivity index (χ0v) is 10.5. The molecule has 0 bridgehead atoms. The van der Waals surface area contributed by atoms with Gasteiger partial charge in [-0.15, -0.1) is 12.4 Å². The summed E-state index contributed by atoms with van der Waals surface area (Å²) >= 11 is 0. The molecule has 2 rings (SSSR count). The van der Waals surface area contributed by atoms with Crippen molar-refractivity contribution in [3.63, 3.8) is 0 Å². The summed E-state index contributed by atoms with van der Waals surface area (Å²) in [5.74, 6) is 1.28. The monoisotopic (exact) mass is 234 g/mol. The molecule has 15 heavy (non-hydrogen) atoms. The highest BCUT2D eigenvalue weighted by molar-refractivity contribution is 5.85. The first-order valence-corrected chi connectivity index (χ1v) is 5.80. The molecule has 2 heterocycles. The number of hydrogen-bond donors (Lipinski definition) is 2. The van der Waals surface area contributed by atoms with Crippen LogP contribution in [-0.4, -0.2) is 32.0 Å². The van der Waals surface area contributed by atoms with Crippen molar-refractivity contribution >= 4 is 12.4 Å². The van der Waals surface area contributed by atoms with E-state index in [1.807, 2.05) is 0 Å². The lowest BCUT2D eigenvalue weighted by Crippen LogP contribution is -2.59. The minimum Gasteiger partial charge on any atom is -0.360 e. The van der Waals surface area contributed by atoms with Crippen molar-refractivity contribution in [2.75, 3.05) is 26.2 Å². The molecule has 0 spiro atoms. The maximum atomic E-state index is 5.97. The molecule has 3 nitrogen and oxygen atoms in total. The van der Waals surface area contributed by atoms with E-state index < -0.39 is 0 Å². The summed E-state index contributed by atoms with van der Waals surface area (Å²) < 4.78 is 5.97. The molecule has 4 heteroatoms. The van der Waals surface area contributed by atoms with Gasteiger partial charge in [-0.05, 0) is 32.2 Å². The molecular weight excluding hydrogens is 212 g/mol. The van der Waals surface area contributed by atoms with Gasteiger partial charge in [-0.1, -0.05) is 6.92 Å². The van der Waals surface area contributed by atoms with Gasteiger partial charge in [0.25, 0.3) is 0 Å². The van der Waals surface area contributed by atoms with Gasteiger partial charge in [-0.25, -0.2) is 0 Å². The van der Waals surface area contributed by atoms with Gasteiger partial charge in [0, 0.05) is 19.0 Å². The van der Waals surface area contributed by atoms with Gasteiger partial charge < -0.3 is 10.1 Å². The normalized spacial score (nSPS) is 42.0. The number of piperidine rings is 1. The molecule has 0 aliphatic carbocycles. The van der Waals surface area contributed by atoms with Gasteiger partial charge >= 0.3 is 0 Å². The number of ether oxygens (including phenoxy) is 1. The summed E-state index contributed by atoms with van der Waals surface area (Å²) in [6.07, 6.45) is 2.56. The minimum absolute atomic E-state index is 0. The second kappa shape index (κ2) is 5.48. The summed E-state index contributed by atoms with van der Waals surface area (Å²) in [5.41, 5.74) is -0.0834. The van der Waals surface area contributed by atoms with Crippen LogP contribution in [0.1, 0.15) is 26.7 Å². The van der Waals surface area contributed by atoms with E-state index in [1.165, 1.54) is 19.4 Å². The van der Waals surface area contributed by atoms with Gasteiger partial charge in [-0.3, -0.25) is 5.32 Å². The highest BCUT2D eigenvalue weighted by Crippen LogP contribution is 2.28. The zero-order chi connectivity index (χ0) is 10.0. The van der Waals surface area contributed by atoms with E-state index >= 15 is 0 Å². The van der Waals surface area contributed by atoms with Gasteiger partial charge in [0.15, 0.2) is 0 Å². The average Bonchev–Trinajstić information content (AvgIpc) is 2.24. The van der Waals surface area contributed by atoms with Crippen molar-refractivity contribution < 1.29 is 4.74 Å². The Morgan fingerprint density at radius 2 is 2.13 bits per heavy atom. The topological polar surface area (TPSA) is 33.3 Å². The molecule has 2 fully saturated rings. The SMILES string of the molecule is CC1CNC(C)(C2CCCNC2)OC1.Cl. The van der Waals surface area contributed by atoms with Crippen molar-refractivity contribution in [3.8, 4) is 0 Å². The van der Waals surface area contributed by atoms with E-state index in [4.69, 9.17) is 4.74 Å². The number of hydrogen-bond acceptors (Lipinski definition) is 3. The molecule has 0 radical (unpaired) electrons. The zero-order valence-electron chi connectivity index (χ0n) is 9.71. The average molecular weight is 235 g/mol. The van der Waals surface area contributed by atoms with Crippen LogP contribution < -0.4 is 10.6 Å². The van der Waals surface area contributed by atoms with E-state index in [1.54, 1.807) is 0 Å². The van der Waals surface area contributed by atoms with E-state index in [9.17, 15) is 0 Å². The fourth-order valence-corrected chi connectivity index (χ4v) is 2.39. The van der Waals surface area contributed by atoms with E-state index in [0.717, 1.165) is 19.7 Å². The molecule has 2 N–H and O–H groups in total. The lowest BCUT2D eigenvalue weighted by atomic mass is 9.88. The molecule has 3 unspecified atom stereocenters. The van der Waals surface area contributed by atoms with Crippen LogP contribution >= 0.6 is 12.4 Å². The summed E-state index contributed by atoms with van der Waals surface area (Å²) in [7, 11) is 0. The van der Waals surface area contributed by atoms with Crippen LogP contribution in [-0.2, 0) is 4.74 Å². The number of rotatable bonds is 1. The lowest BCUT2D eigenvalue weighted by Gasteiger charge is -2.44. The van der Waals surface area contributed by atoms with Gasteiger partial charge in [0.05, 0.1) is 6.61 Å². The number of nitrogens with one attached hydrogen (secondary N) is 2. The Morgan fingerprint density at radius 3 is 2.67 bits per heavy atom. The van der Waals surface area contributed by atoms with Crippen molar-refractivity contribution in [2.24, 2.45) is 11.8 Å². The van der Waals surface area contributed by atoms with Crippen molar-refractivity contribution in [2.45, 2.75) is 32.4 Å². The predicted molar refractivity (Wildman–Crippen MR) is 64.4 cm³/mol. The molecule has 3 atom stereocenters. The van der Waals surface area contributed by atoms with E-state index in [0.29, 0.717) is 11.8 Å². The Morgan fingerprint density at radius 1 is 1.33 bits per heavy atom. The molecule has 2 saturated heterocycles. The van der Waals surface area contributed by atoms with Crippen LogP contribution in [0.15, 0.2) is 0 Å². The maximum Gasteiger partial charge on any atom is 0.120 e. The van der Waals surface area contributed by atoms with Crippen LogP contribution in [0.4, 0.5) is 0 Å². The summed E-state index contributed by atoms with van der Waals surface area (Å²) in [5, 5.41) is 7.00. The summed E-state index contributed by atoms with van der Waals surface area (Å²) in [4.78, 5) is 0. The third kappa shape index (κ3) is 3.06. The first kappa shape index (κ1) is 13.2. The Kier molecular flexibility index (Phi) is 4.84. The van der Waals surface area contributed by atoms with Gasteiger partial charge in [0.1, 0.15) is 5.72 Å². The van der Waals surface area contributed by atoms with E-state index in [-0.39, 0.29) is 18.1 Å². The lowest BCUT2D eigenvalue weighted by molar-refractivity contribution is -0.139. The number of halogens is 1. The molecule has 0 aromatic carbocycles. The van der Waals surface area contributed by atoms with E-state index in [2.05, 4.69) is 24.5 Å². The molecular formula is C11H23ClN2O. The van der Waals surface area contributed by atoms with Crippen molar-refractivity contribution in [1.82, 2.24) is 10.6 Å². The Bertz CT molecular complexity index is 187. The molecule has 90 valence electrons. The summed E-state index contributed by atoms with van der Waals surface area (Å²) in [6.45, 7) is 8.69. The third-order valence-corrected chi connectivity index (χ3v) is 3.55. The predicted octanol–water partition coefficient (Wildman–Crippen LogP) is 1.38. The third-order valence-electron chi connectivity index (χ3n) is 3.55. The molecule has 0 amide bonds. The standard InChI is InChI=1S/C11H22N2O.ClH/c1-9-6-13-11(2,14-8-9)10-4-3-5-12-7-10;/h9-10,12-13H,3-8H2,1-2H3;1H. The van der Waals surface area contributed by atoms with Crippen LogP contribution in [0.3, 0.4) is 0 Å². The van der Waals surface area contributed by atoms with Crippen LogP contribution in [0.25, 0.3) is 0 Å². The van der Waals surface area contributed by atoms with Gasteiger partial charge in [-0.2, -0.15) is 0 Å². The maximum absolute atomic E-state index is 5.97. The first-order valence-electron chi connectivity index (χ1n) is 5.80. The Balaban J connectivity index is 0.00000112. The largest absolute Gasteiger partial charge is 0.360 e. The Hall–Kier alpha value is 0.170. The summed E-state index contributed by atoms with van der Waals surface area (Å²) in [6, 6.07) is 0. The first-order chi connectivity index (χ1) is 6.71. The van der Waals surface area contributed by atoms with Crippen molar-refractivity contribution in [3.05, 3.63) is 0 Å². The Labute approximate surface area is 98.7 Å². The molecule has 0 aromatic rings. The van der Waals surface area contributed by atoms with Crippen LogP contribution in [0.2, 0.25) is 0 Å². The fourth-order valence-electron chi connectivity index (χ4n) is 2.39. The fraction of sp³-hybridized carbons (Fsp3) is 1.00. The quantitative estimate of drug-likeness (QED) is 0.719. The second-order valence-corrected chi connectivity index (χ2v) is 4.95. The molecule has 2 aliphatic heterocycles. The van der Waals surface area contributed by atoms with Crippen LogP contribution in [0.5, 0.6) is 0 Å².